The first-order chi connectivity index (χ1) is 8.58. The molecule has 4 heteroatoms. The van der Waals surface area contributed by atoms with E-state index < -0.39 is 0 Å². The number of furan rings is 1. The molecule has 0 radical (unpaired) electrons. The van der Waals surface area contributed by atoms with E-state index in [1.165, 1.54) is 17.8 Å². The van der Waals surface area contributed by atoms with Gasteiger partial charge < -0.3 is 10.2 Å². The Hall–Kier alpha value is -1.26. The van der Waals surface area contributed by atoms with Crippen LogP contribution >= 0.6 is 11.8 Å². The fraction of sp³-hybridized carbons (Fsp3) is 0.286. The summed E-state index contributed by atoms with van der Waals surface area (Å²) < 4.78 is 19.2. The second-order valence-corrected chi connectivity index (χ2v) is 5.40. The molecule has 1 atom stereocenters. The SMILES string of the molecule is Cc1occc1Sc1c(F)cccc1CC(C)N. The van der Waals surface area contributed by atoms with E-state index in [0.29, 0.717) is 11.3 Å². The lowest BCUT2D eigenvalue weighted by Crippen LogP contribution is -2.18. The van der Waals surface area contributed by atoms with Gasteiger partial charge in [-0.2, -0.15) is 0 Å². The molecule has 2 N–H and O–H groups in total. The molecule has 1 aromatic heterocycles. The standard InChI is InChI=1S/C14H16FNOS/c1-9(16)8-11-4-3-5-12(15)14(11)18-13-6-7-17-10(13)2/h3-7,9H,8,16H2,1-2H3. The minimum absolute atomic E-state index is 0.0107. The highest BCUT2D eigenvalue weighted by Crippen LogP contribution is 2.35. The topological polar surface area (TPSA) is 39.2 Å². The van der Waals surface area contributed by atoms with Crippen molar-refractivity contribution in [2.24, 2.45) is 5.73 Å². The molecule has 96 valence electrons. The second kappa shape index (κ2) is 5.59. The van der Waals surface area contributed by atoms with Crippen molar-refractivity contribution in [1.29, 1.82) is 0 Å². The molecule has 2 nitrogen and oxygen atoms in total. The monoisotopic (exact) mass is 265 g/mol. The molecule has 1 heterocycles. The molecule has 0 saturated heterocycles. The molecule has 18 heavy (non-hydrogen) atoms. The maximum Gasteiger partial charge on any atom is 0.137 e. The Labute approximate surface area is 110 Å². The van der Waals surface area contributed by atoms with Crippen molar-refractivity contribution in [1.82, 2.24) is 0 Å². The van der Waals surface area contributed by atoms with E-state index in [1.54, 1.807) is 12.3 Å². The number of rotatable bonds is 4. The number of hydrogen-bond acceptors (Lipinski definition) is 3. The zero-order valence-corrected chi connectivity index (χ0v) is 11.3. The molecule has 1 unspecified atom stereocenters. The van der Waals surface area contributed by atoms with E-state index in [4.69, 9.17) is 10.2 Å². The molecular formula is C14H16FNOS. The summed E-state index contributed by atoms with van der Waals surface area (Å²) in [5.74, 6) is 0.591. The predicted molar refractivity (Wildman–Crippen MR) is 71.3 cm³/mol. The molecule has 0 spiro atoms. The van der Waals surface area contributed by atoms with Crippen LogP contribution in [0.1, 0.15) is 18.2 Å². The van der Waals surface area contributed by atoms with Gasteiger partial charge in [0, 0.05) is 6.04 Å². The molecule has 0 aliphatic carbocycles. The smallest absolute Gasteiger partial charge is 0.137 e. The molecule has 0 saturated carbocycles. The third kappa shape index (κ3) is 2.94. The lowest BCUT2D eigenvalue weighted by atomic mass is 10.1. The Balaban J connectivity index is 2.34. The minimum atomic E-state index is -0.209. The first-order valence-electron chi connectivity index (χ1n) is 5.83. The van der Waals surface area contributed by atoms with Gasteiger partial charge >= 0.3 is 0 Å². The average molecular weight is 265 g/mol. The van der Waals surface area contributed by atoms with Crippen molar-refractivity contribution in [3.05, 3.63) is 47.7 Å². The number of nitrogens with two attached hydrogens (primary N) is 1. The van der Waals surface area contributed by atoms with Crippen LogP contribution in [0.4, 0.5) is 4.39 Å². The summed E-state index contributed by atoms with van der Waals surface area (Å²) in [7, 11) is 0. The van der Waals surface area contributed by atoms with Crippen LogP contribution in [0.2, 0.25) is 0 Å². The van der Waals surface area contributed by atoms with Gasteiger partial charge in [0.2, 0.25) is 0 Å². The molecule has 0 aliphatic rings. The highest BCUT2D eigenvalue weighted by Gasteiger charge is 2.13. The van der Waals surface area contributed by atoms with Crippen LogP contribution in [-0.4, -0.2) is 6.04 Å². The zero-order valence-electron chi connectivity index (χ0n) is 10.4. The maximum atomic E-state index is 13.9. The molecule has 0 fully saturated rings. The Bertz CT molecular complexity index is 536. The number of hydrogen-bond donors (Lipinski definition) is 1. The Morgan fingerprint density at radius 1 is 1.39 bits per heavy atom. The van der Waals surface area contributed by atoms with Gasteiger partial charge in [0.05, 0.1) is 16.1 Å². The van der Waals surface area contributed by atoms with Crippen LogP contribution in [0, 0.1) is 12.7 Å². The molecule has 2 aromatic rings. The fourth-order valence-corrected chi connectivity index (χ4v) is 2.75. The van der Waals surface area contributed by atoms with E-state index >= 15 is 0 Å². The summed E-state index contributed by atoms with van der Waals surface area (Å²) in [6.45, 7) is 3.79. The Morgan fingerprint density at radius 3 is 2.78 bits per heavy atom. The van der Waals surface area contributed by atoms with E-state index in [2.05, 4.69) is 0 Å². The maximum absolute atomic E-state index is 13.9. The normalized spacial score (nSPS) is 12.7. The molecule has 0 amide bonds. The van der Waals surface area contributed by atoms with Gasteiger partial charge in [-0.1, -0.05) is 23.9 Å². The van der Waals surface area contributed by atoms with E-state index in [1.807, 2.05) is 26.0 Å². The first kappa shape index (κ1) is 13.2. The number of halogens is 1. The number of aryl methyl sites for hydroxylation is 1. The predicted octanol–water partition coefficient (Wildman–Crippen LogP) is 3.77. The third-order valence-electron chi connectivity index (χ3n) is 2.61. The highest BCUT2D eigenvalue weighted by molar-refractivity contribution is 7.99. The fourth-order valence-electron chi connectivity index (χ4n) is 1.76. The quantitative estimate of drug-likeness (QED) is 0.914. The Kier molecular flexibility index (Phi) is 4.09. The van der Waals surface area contributed by atoms with Crippen LogP contribution in [0.3, 0.4) is 0 Å². The summed E-state index contributed by atoms with van der Waals surface area (Å²) in [5, 5.41) is 0. The van der Waals surface area contributed by atoms with Crippen molar-refractivity contribution in [2.75, 3.05) is 0 Å². The molecule has 0 aliphatic heterocycles. The van der Waals surface area contributed by atoms with Crippen molar-refractivity contribution < 1.29 is 8.81 Å². The second-order valence-electron chi connectivity index (χ2n) is 4.35. The molecular weight excluding hydrogens is 249 g/mol. The van der Waals surface area contributed by atoms with Crippen LogP contribution < -0.4 is 5.73 Å². The van der Waals surface area contributed by atoms with Gasteiger partial charge in [-0.15, -0.1) is 0 Å². The Morgan fingerprint density at radius 2 is 2.17 bits per heavy atom. The van der Waals surface area contributed by atoms with Gasteiger partial charge in [-0.3, -0.25) is 0 Å². The summed E-state index contributed by atoms with van der Waals surface area (Å²) in [5.41, 5.74) is 6.74. The van der Waals surface area contributed by atoms with Crippen molar-refractivity contribution in [2.45, 2.75) is 36.1 Å². The molecule has 0 bridgehead atoms. The van der Waals surface area contributed by atoms with E-state index in [0.717, 1.165) is 16.2 Å². The van der Waals surface area contributed by atoms with Gasteiger partial charge in [-0.25, -0.2) is 4.39 Å². The third-order valence-corrected chi connectivity index (χ3v) is 3.92. The largest absolute Gasteiger partial charge is 0.468 e. The van der Waals surface area contributed by atoms with Crippen LogP contribution in [0.25, 0.3) is 0 Å². The lowest BCUT2D eigenvalue weighted by Gasteiger charge is -2.11. The van der Waals surface area contributed by atoms with Crippen LogP contribution in [-0.2, 0) is 6.42 Å². The lowest BCUT2D eigenvalue weighted by molar-refractivity contribution is 0.526. The summed E-state index contributed by atoms with van der Waals surface area (Å²) in [6.07, 6.45) is 2.28. The average Bonchev–Trinajstić information content (AvgIpc) is 2.68. The van der Waals surface area contributed by atoms with Gasteiger partial charge in [0.25, 0.3) is 0 Å². The summed E-state index contributed by atoms with van der Waals surface area (Å²) in [6, 6.07) is 6.98. The van der Waals surface area contributed by atoms with Crippen molar-refractivity contribution >= 4 is 11.8 Å². The van der Waals surface area contributed by atoms with Crippen LogP contribution in [0.5, 0.6) is 0 Å². The molecule has 2 rings (SSSR count). The van der Waals surface area contributed by atoms with E-state index in [9.17, 15) is 4.39 Å². The van der Waals surface area contributed by atoms with Crippen molar-refractivity contribution in [3.63, 3.8) is 0 Å². The van der Waals surface area contributed by atoms with E-state index in [-0.39, 0.29) is 11.9 Å². The van der Waals surface area contributed by atoms with Crippen molar-refractivity contribution in [3.8, 4) is 0 Å². The summed E-state index contributed by atoms with van der Waals surface area (Å²) in [4.78, 5) is 1.57. The minimum Gasteiger partial charge on any atom is -0.468 e. The first-order valence-corrected chi connectivity index (χ1v) is 6.64. The summed E-state index contributed by atoms with van der Waals surface area (Å²) >= 11 is 1.39. The van der Waals surface area contributed by atoms with Gasteiger partial charge in [0.15, 0.2) is 0 Å². The molecule has 1 aromatic carbocycles. The van der Waals surface area contributed by atoms with Gasteiger partial charge in [0.1, 0.15) is 11.6 Å². The highest BCUT2D eigenvalue weighted by atomic mass is 32.2. The van der Waals surface area contributed by atoms with Gasteiger partial charge in [-0.05, 0) is 38.0 Å². The van der Waals surface area contributed by atoms with Crippen LogP contribution in [0.15, 0.2) is 44.7 Å². The zero-order chi connectivity index (χ0) is 13.1. The number of benzene rings is 1.